The maximum atomic E-state index is 11.8. The van der Waals surface area contributed by atoms with Crippen LogP contribution >= 0.6 is 0 Å². The highest BCUT2D eigenvalue weighted by Crippen LogP contribution is 2.26. The molecular formula is C17H24N8O. The summed E-state index contributed by atoms with van der Waals surface area (Å²) in [7, 11) is 1.66. The van der Waals surface area contributed by atoms with Crippen LogP contribution in [-0.4, -0.2) is 59.0 Å². The molecular weight excluding hydrogens is 332 g/mol. The van der Waals surface area contributed by atoms with Crippen molar-refractivity contribution in [3.63, 3.8) is 0 Å². The summed E-state index contributed by atoms with van der Waals surface area (Å²) in [6.45, 7) is 5.13. The second-order valence-electron chi connectivity index (χ2n) is 6.73. The Labute approximate surface area is 151 Å². The number of nitrogen functional groups attached to an aromatic ring is 1. The molecule has 2 aromatic rings. The predicted molar refractivity (Wildman–Crippen MR) is 101 cm³/mol. The molecule has 1 fully saturated rings. The van der Waals surface area contributed by atoms with Crippen molar-refractivity contribution >= 4 is 17.5 Å². The van der Waals surface area contributed by atoms with E-state index in [4.69, 9.17) is 5.73 Å². The summed E-state index contributed by atoms with van der Waals surface area (Å²) < 4.78 is 1.34. The number of nitrogens with zero attached hydrogens (tertiary/aromatic N) is 6. The second kappa shape index (κ2) is 6.91. The molecule has 0 bridgehead atoms. The van der Waals surface area contributed by atoms with Crippen molar-refractivity contribution in [2.45, 2.75) is 12.8 Å². The fraction of sp³-hybridized carbons (Fsp3) is 0.529. The van der Waals surface area contributed by atoms with Gasteiger partial charge in [-0.3, -0.25) is 4.79 Å². The molecule has 0 aromatic carbocycles. The van der Waals surface area contributed by atoms with Crippen LogP contribution in [0.2, 0.25) is 0 Å². The first-order valence-electron chi connectivity index (χ1n) is 9.01. The molecule has 0 atom stereocenters. The summed E-state index contributed by atoms with van der Waals surface area (Å²) in [4.78, 5) is 25.3. The quantitative estimate of drug-likeness (QED) is 0.718. The first-order chi connectivity index (χ1) is 12.6. The molecule has 0 amide bonds. The van der Waals surface area contributed by atoms with Gasteiger partial charge in [0.25, 0.3) is 5.56 Å². The highest BCUT2D eigenvalue weighted by molar-refractivity contribution is 5.54. The Balaban J connectivity index is 1.54. The molecule has 0 saturated carbocycles. The maximum Gasteiger partial charge on any atom is 0.268 e. The molecule has 1 saturated heterocycles. The molecule has 26 heavy (non-hydrogen) atoms. The van der Waals surface area contributed by atoms with Gasteiger partial charge in [0.2, 0.25) is 5.95 Å². The highest BCUT2D eigenvalue weighted by Gasteiger charge is 2.24. The molecule has 138 valence electrons. The lowest BCUT2D eigenvalue weighted by Crippen LogP contribution is -2.47. The number of piperazine rings is 1. The van der Waals surface area contributed by atoms with Crippen molar-refractivity contribution in [1.29, 1.82) is 0 Å². The number of nitrogens with one attached hydrogen (secondary N) is 1. The van der Waals surface area contributed by atoms with E-state index >= 15 is 0 Å². The summed E-state index contributed by atoms with van der Waals surface area (Å²) >= 11 is 0. The number of hydrogen-bond acceptors (Lipinski definition) is 8. The Morgan fingerprint density at radius 1 is 1.08 bits per heavy atom. The summed E-state index contributed by atoms with van der Waals surface area (Å²) in [5.74, 6) is 1.32. The van der Waals surface area contributed by atoms with Gasteiger partial charge < -0.3 is 20.9 Å². The van der Waals surface area contributed by atoms with Crippen LogP contribution in [0.5, 0.6) is 0 Å². The monoisotopic (exact) mass is 356 g/mol. The van der Waals surface area contributed by atoms with E-state index in [1.807, 2.05) is 0 Å². The minimum Gasteiger partial charge on any atom is -0.368 e. The largest absolute Gasteiger partial charge is 0.368 e. The summed E-state index contributed by atoms with van der Waals surface area (Å²) in [6, 6.07) is 1.64. The first-order valence-corrected chi connectivity index (χ1v) is 9.01. The standard InChI is InChI=1S/C17H24N8O/c1-23-15(26)10-12(11-20-23)24-6-8-25(9-7-24)16-13-2-4-19-5-3-14(13)21-17(18)22-16/h10-11,19H,2-9H2,1H3,(H2,18,21,22). The minimum atomic E-state index is -0.0914. The number of rotatable bonds is 2. The van der Waals surface area contributed by atoms with Crippen LogP contribution in [0.25, 0.3) is 0 Å². The van der Waals surface area contributed by atoms with Crippen LogP contribution in [0.1, 0.15) is 11.3 Å². The Bertz CT molecular complexity index is 856. The molecule has 2 aliphatic rings. The molecule has 3 N–H and O–H groups in total. The smallest absolute Gasteiger partial charge is 0.268 e. The lowest BCUT2D eigenvalue weighted by Gasteiger charge is -2.37. The van der Waals surface area contributed by atoms with E-state index in [9.17, 15) is 4.79 Å². The molecule has 9 nitrogen and oxygen atoms in total. The molecule has 2 aromatic heterocycles. The SMILES string of the molecule is Cn1ncc(N2CCN(c3nc(N)nc4c3CCNCC4)CC2)cc1=O. The number of aromatic nitrogens is 4. The van der Waals surface area contributed by atoms with E-state index in [0.29, 0.717) is 5.95 Å². The first kappa shape index (κ1) is 16.8. The van der Waals surface area contributed by atoms with Crippen LogP contribution in [0.15, 0.2) is 17.1 Å². The Morgan fingerprint density at radius 2 is 1.81 bits per heavy atom. The summed E-state index contributed by atoms with van der Waals surface area (Å²) in [5, 5.41) is 7.52. The van der Waals surface area contributed by atoms with Gasteiger partial charge >= 0.3 is 0 Å². The van der Waals surface area contributed by atoms with Crippen LogP contribution in [0, 0.1) is 0 Å². The van der Waals surface area contributed by atoms with Crippen molar-refractivity contribution < 1.29 is 0 Å². The van der Waals surface area contributed by atoms with Gasteiger partial charge in [-0.05, 0) is 13.0 Å². The lowest BCUT2D eigenvalue weighted by atomic mass is 10.1. The topological polar surface area (TPSA) is 105 Å². The highest BCUT2D eigenvalue weighted by atomic mass is 16.1. The fourth-order valence-electron chi connectivity index (χ4n) is 3.61. The lowest BCUT2D eigenvalue weighted by molar-refractivity contribution is 0.634. The number of nitrogens with two attached hydrogens (primary N) is 1. The molecule has 0 aliphatic carbocycles. The molecule has 0 unspecified atom stereocenters. The zero-order valence-corrected chi connectivity index (χ0v) is 15.0. The van der Waals surface area contributed by atoms with Gasteiger partial charge in [-0.1, -0.05) is 0 Å². The Kier molecular flexibility index (Phi) is 4.46. The van der Waals surface area contributed by atoms with Crippen molar-refractivity contribution in [2.75, 3.05) is 54.8 Å². The average Bonchev–Trinajstić information content (AvgIpc) is 2.89. The molecule has 9 heteroatoms. The second-order valence-corrected chi connectivity index (χ2v) is 6.73. The van der Waals surface area contributed by atoms with Gasteiger partial charge in [-0.2, -0.15) is 10.1 Å². The molecule has 4 heterocycles. The molecule has 2 aliphatic heterocycles. The van der Waals surface area contributed by atoms with Gasteiger partial charge in [-0.15, -0.1) is 0 Å². The Hall–Kier alpha value is -2.68. The third kappa shape index (κ3) is 3.22. The maximum absolute atomic E-state index is 11.8. The molecule has 4 rings (SSSR count). The van der Waals surface area contributed by atoms with Crippen LogP contribution in [-0.2, 0) is 19.9 Å². The normalized spacial score (nSPS) is 17.7. The summed E-state index contributed by atoms with van der Waals surface area (Å²) in [5.41, 5.74) is 9.03. The zero-order chi connectivity index (χ0) is 18.1. The number of anilines is 3. The minimum absolute atomic E-state index is 0.0914. The number of hydrogen-bond donors (Lipinski definition) is 2. The summed E-state index contributed by atoms with van der Waals surface area (Å²) in [6.07, 6.45) is 3.55. The van der Waals surface area contributed by atoms with E-state index in [-0.39, 0.29) is 5.56 Å². The third-order valence-corrected chi connectivity index (χ3v) is 5.08. The van der Waals surface area contributed by atoms with Crippen molar-refractivity contribution in [1.82, 2.24) is 25.1 Å². The Morgan fingerprint density at radius 3 is 2.58 bits per heavy atom. The van der Waals surface area contributed by atoms with Crippen LogP contribution < -0.4 is 26.4 Å². The molecule has 0 radical (unpaired) electrons. The van der Waals surface area contributed by atoms with Crippen LogP contribution in [0.3, 0.4) is 0 Å². The van der Waals surface area contributed by atoms with E-state index in [0.717, 1.165) is 69.3 Å². The van der Waals surface area contributed by atoms with Gasteiger partial charge in [0, 0.05) is 57.8 Å². The van der Waals surface area contributed by atoms with E-state index < -0.39 is 0 Å². The van der Waals surface area contributed by atoms with Gasteiger partial charge in [0.15, 0.2) is 0 Å². The van der Waals surface area contributed by atoms with E-state index in [2.05, 4.69) is 30.2 Å². The zero-order valence-electron chi connectivity index (χ0n) is 15.0. The van der Waals surface area contributed by atoms with Gasteiger partial charge in [0.1, 0.15) is 5.82 Å². The van der Waals surface area contributed by atoms with Gasteiger partial charge in [-0.25, -0.2) is 9.67 Å². The van der Waals surface area contributed by atoms with E-state index in [1.165, 1.54) is 10.2 Å². The molecule has 0 spiro atoms. The number of fused-ring (bicyclic) bond motifs is 1. The third-order valence-electron chi connectivity index (χ3n) is 5.08. The van der Waals surface area contributed by atoms with Crippen LogP contribution in [0.4, 0.5) is 17.5 Å². The van der Waals surface area contributed by atoms with Crippen molar-refractivity contribution in [3.05, 3.63) is 33.9 Å². The fourth-order valence-corrected chi connectivity index (χ4v) is 3.61. The number of aryl methyl sites for hydroxylation is 1. The predicted octanol–water partition coefficient (Wildman–Crippen LogP) is -0.833. The average molecular weight is 356 g/mol. The van der Waals surface area contributed by atoms with Gasteiger partial charge in [0.05, 0.1) is 17.6 Å². The van der Waals surface area contributed by atoms with E-state index in [1.54, 1.807) is 19.3 Å². The van der Waals surface area contributed by atoms with Crippen molar-refractivity contribution in [3.8, 4) is 0 Å². The van der Waals surface area contributed by atoms with Crippen molar-refractivity contribution in [2.24, 2.45) is 7.05 Å².